The molecule has 1 aliphatic rings. The summed E-state index contributed by atoms with van der Waals surface area (Å²) in [6.45, 7) is 2.08. The smallest absolute Gasteiger partial charge is 0.325 e. The van der Waals surface area contributed by atoms with Gasteiger partial charge in [-0.05, 0) is 37.5 Å². The minimum Gasteiger partial charge on any atom is -0.458 e. The van der Waals surface area contributed by atoms with Gasteiger partial charge < -0.3 is 9.73 Å². The highest BCUT2D eigenvalue weighted by atomic mass is 16.3. The summed E-state index contributed by atoms with van der Waals surface area (Å²) in [7, 11) is 0. The Hall–Kier alpha value is -3.08. The normalized spacial score (nSPS) is 20.0. The van der Waals surface area contributed by atoms with Crippen LogP contribution >= 0.6 is 0 Å². The van der Waals surface area contributed by atoms with Crippen molar-refractivity contribution in [3.05, 3.63) is 72.0 Å². The second-order valence-corrected chi connectivity index (χ2v) is 6.75. The van der Waals surface area contributed by atoms with E-state index in [0.29, 0.717) is 17.9 Å². The molecule has 1 saturated heterocycles. The van der Waals surface area contributed by atoms with Crippen molar-refractivity contribution < 1.29 is 14.0 Å². The van der Waals surface area contributed by atoms with Crippen molar-refractivity contribution in [2.24, 2.45) is 0 Å². The number of hydrogen-bond donors (Lipinski definition) is 1. The number of benzene rings is 2. The van der Waals surface area contributed by atoms with Crippen LogP contribution in [0.3, 0.4) is 0 Å². The van der Waals surface area contributed by atoms with Gasteiger partial charge in [0.05, 0.1) is 0 Å². The van der Waals surface area contributed by atoms with Gasteiger partial charge in [-0.2, -0.15) is 0 Å². The van der Waals surface area contributed by atoms with Crippen LogP contribution in [0.15, 0.2) is 65.1 Å². The zero-order chi connectivity index (χ0) is 18.1. The minimum absolute atomic E-state index is 0.269. The average molecular weight is 348 g/mol. The first-order chi connectivity index (χ1) is 12.6. The van der Waals surface area contributed by atoms with Crippen LogP contribution in [0.1, 0.15) is 24.7 Å². The Morgan fingerprint density at radius 2 is 1.77 bits per heavy atom. The fourth-order valence-corrected chi connectivity index (χ4v) is 3.38. The van der Waals surface area contributed by atoms with Gasteiger partial charge in [0.15, 0.2) is 5.54 Å². The summed E-state index contributed by atoms with van der Waals surface area (Å²) < 4.78 is 5.83. The van der Waals surface area contributed by atoms with Crippen molar-refractivity contribution in [1.29, 1.82) is 0 Å². The van der Waals surface area contributed by atoms with Crippen molar-refractivity contribution in [2.45, 2.75) is 25.3 Å². The highest BCUT2D eigenvalue weighted by Crippen LogP contribution is 2.33. The van der Waals surface area contributed by atoms with Crippen molar-refractivity contribution in [2.75, 3.05) is 6.54 Å². The second-order valence-electron chi connectivity index (χ2n) is 6.75. The SMILES string of the molecule is CC1(c2cc3ccccc3o2)NC(=O)N(CCCc2ccccc2)C1=O. The Morgan fingerprint density at radius 1 is 1.04 bits per heavy atom. The fraction of sp³-hybridized carbons (Fsp3) is 0.238. The second kappa shape index (κ2) is 6.33. The molecule has 1 fully saturated rings. The van der Waals surface area contributed by atoms with Crippen LogP contribution in [0.4, 0.5) is 4.79 Å². The van der Waals surface area contributed by atoms with Crippen molar-refractivity contribution in [3.63, 3.8) is 0 Å². The number of nitrogens with zero attached hydrogens (tertiary/aromatic N) is 1. The summed E-state index contributed by atoms with van der Waals surface area (Å²) in [5, 5.41) is 3.71. The molecule has 132 valence electrons. The van der Waals surface area contributed by atoms with Gasteiger partial charge in [-0.15, -0.1) is 0 Å². The highest BCUT2D eigenvalue weighted by Gasteiger charge is 2.50. The van der Waals surface area contributed by atoms with Crippen LogP contribution in [0.5, 0.6) is 0 Å². The molecule has 0 aliphatic carbocycles. The molecule has 0 saturated carbocycles. The van der Waals surface area contributed by atoms with Gasteiger partial charge in [0.25, 0.3) is 5.91 Å². The minimum atomic E-state index is -1.16. The van der Waals surface area contributed by atoms with Crippen LogP contribution in [0.2, 0.25) is 0 Å². The molecule has 3 amide bonds. The van der Waals surface area contributed by atoms with Crippen LogP contribution in [-0.4, -0.2) is 23.4 Å². The molecule has 0 radical (unpaired) electrons. The van der Waals surface area contributed by atoms with E-state index in [4.69, 9.17) is 4.42 Å². The molecule has 1 aliphatic heterocycles. The largest absolute Gasteiger partial charge is 0.458 e. The molecule has 2 aromatic carbocycles. The van der Waals surface area contributed by atoms with E-state index < -0.39 is 5.54 Å². The summed E-state index contributed by atoms with van der Waals surface area (Å²) in [6.07, 6.45) is 1.54. The molecule has 1 unspecified atom stereocenters. The number of carbonyl (C=O) groups excluding carboxylic acids is 2. The average Bonchev–Trinajstić information content (AvgIpc) is 3.18. The van der Waals surface area contributed by atoms with E-state index in [1.165, 1.54) is 10.5 Å². The molecule has 1 aromatic heterocycles. The molecular weight excluding hydrogens is 328 g/mol. The van der Waals surface area contributed by atoms with Crippen LogP contribution in [-0.2, 0) is 16.8 Å². The number of imide groups is 1. The Morgan fingerprint density at radius 3 is 2.54 bits per heavy atom. The predicted octanol–water partition coefficient (Wildman–Crippen LogP) is 3.83. The topological polar surface area (TPSA) is 62.6 Å². The van der Waals surface area contributed by atoms with Gasteiger partial charge in [-0.3, -0.25) is 9.69 Å². The number of aryl methyl sites for hydroxylation is 1. The van der Waals surface area contributed by atoms with E-state index in [1.54, 1.807) is 6.92 Å². The number of furan rings is 1. The van der Waals surface area contributed by atoms with E-state index >= 15 is 0 Å². The Balaban J connectivity index is 1.50. The number of carbonyl (C=O) groups is 2. The van der Waals surface area contributed by atoms with E-state index in [1.807, 2.05) is 60.7 Å². The lowest BCUT2D eigenvalue weighted by Crippen LogP contribution is -2.40. The first-order valence-corrected chi connectivity index (χ1v) is 8.75. The molecule has 5 heteroatoms. The summed E-state index contributed by atoms with van der Waals surface area (Å²) in [4.78, 5) is 26.6. The molecule has 5 nitrogen and oxygen atoms in total. The van der Waals surface area contributed by atoms with Gasteiger partial charge in [0.2, 0.25) is 0 Å². The van der Waals surface area contributed by atoms with Gasteiger partial charge in [0.1, 0.15) is 11.3 Å². The molecule has 1 N–H and O–H groups in total. The highest BCUT2D eigenvalue weighted by molar-refractivity contribution is 6.07. The quantitative estimate of drug-likeness (QED) is 0.713. The van der Waals surface area contributed by atoms with Crippen LogP contribution < -0.4 is 5.32 Å². The molecular formula is C21H20N2O3. The molecule has 4 rings (SSSR count). The van der Waals surface area contributed by atoms with Crippen molar-refractivity contribution in [3.8, 4) is 0 Å². The molecule has 0 spiro atoms. The summed E-state index contributed by atoms with van der Waals surface area (Å²) in [5.74, 6) is 0.192. The monoisotopic (exact) mass is 348 g/mol. The van der Waals surface area contributed by atoms with E-state index in [2.05, 4.69) is 5.32 Å². The zero-order valence-electron chi connectivity index (χ0n) is 14.6. The number of nitrogens with one attached hydrogen (secondary N) is 1. The Labute approximate surface area is 151 Å². The zero-order valence-corrected chi connectivity index (χ0v) is 14.6. The maximum atomic E-state index is 12.9. The van der Waals surface area contributed by atoms with Gasteiger partial charge in [-0.25, -0.2) is 4.79 Å². The molecule has 1 atom stereocenters. The molecule has 2 heterocycles. The summed E-state index contributed by atoms with van der Waals surface area (Å²) in [5.41, 5.74) is 0.732. The van der Waals surface area contributed by atoms with E-state index in [0.717, 1.165) is 18.2 Å². The first-order valence-electron chi connectivity index (χ1n) is 8.75. The predicted molar refractivity (Wildman–Crippen MR) is 98.6 cm³/mol. The van der Waals surface area contributed by atoms with Gasteiger partial charge in [-0.1, -0.05) is 48.5 Å². The lowest BCUT2D eigenvalue weighted by molar-refractivity contribution is -0.131. The van der Waals surface area contributed by atoms with Crippen molar-refractivity contribution in [1.82, 2.24) is 10.2 Å². The third kappa shape index (κ3) is 2.75. The van der Waals surface area contributed by atoms with Gasteiger partial charge >= 0.3 is 6.03 Å². The van der Waals surface area contributed by atoms with Crippen LogP contribution in [0, 0.1) is 0 Å². The Kier molecular flexibility index (Phi) is 3.99. The molecule has 26 heavy (non-hydrogen) atoms. The third-order valence-corrected chi connectivity index (χ3v) is 4.88. The Bertz CT molecular complexity index is 931. The van der Waals surface area contributed by atoms with Crippen LogP contribution in [0.25, 0.3) is 11.0 Å². The maximum absolute atomic E-state index is 12.9. The number of fused-ring (bicyclic) bond motifs is 1. The number of hydrogen-bond acceptors (Lipinski definition) is 3. The van der Waals surface area contributed by atoms with Crippen molar-refractivity contribution >= 4 is 22.9 Å². The summed E-state index contributed by atoms with van der Waals surface area (Å²) >= 11 is 0. The molecule has 3 aromatic rings. The number of urea groups is 1. The van der Waals surface area contributed by atoms with E-state index in [9.17, 15) is 9.59 Å². The lowest BCUT2D eigenvalue weighted by Gasteiger charge is -2.19. The number of amides is 3. The standard InChI is InChI=1S/C21H20N2O3/c1-21(18-14-16-11-5-6-12-17(16)26-18)19(24)23(20(25)22-21)13-7-10-15-8-3-2-4-9-15/h2-6,8-9,11-12,14H,7,10,13H2,1H3,(H,22,25). The molecule has 0 bridgehead atoms. The fourth-order valence-electron chi connectivity index (χ4n) is 3.38. The van der Waals surface area contributed by atoms with Gasteiger partial charge in [0, 0.05) is 11.9 Å². The first kappa shape index (κ1) is 16.4. The third-order valence-electron chi connectivity index (χ3n) is 4.88. The maximum Gasteiger partial charge on any atom is 0.325 e. The number of para-hydroxylation sites is 1. The number of rotatable bonds is 5. The summed E-state index contributed by atoms with van der Waals surface area (Å²) in [6, 6.07) is 19.0. The lowest BCUT2D eigenvalue weighted by atomic mass is 9.98. The van der Waals surface area contributed by atoms with E-state index in [-0.39, 0.29) is 11.9 Å².